The van der Waals surface area contributed by atoms with Crippen molar-refractivity contribution in [2.75, 3.05) is 11.9 Å². The first-order valence-corrected chi connectivity index (χ1v) is 7.46. The summed E-state index contributed by atoms with van der Waals surface area (Å²) in [6.07, 6.45) is -2.47. The van der Waals surface area contributed by atoms with E-state index in [0.29, 0.717) is 11.1 Å². The average molecular weight is 324 g/mol. The third kappa shape index (κ3) is 3.05. The minimum atomic E-state index is -2.47. The summed E-state index contributed by atoms with van der Waals surface area (Å²) in [5, 5.41) is 2.46. The van der Waals surface area contributed by atoms with Crippen molar-refractivity contribution in [2.45, 2.75) is 45.3 Å². The number of aromatic nitrogens is 1. The predicted molar refractivity (Wildman–Crippen MR) is 84.2 cm³/mol. The lowest BCUT2D eigenvalue weighted by Gasteiger charge is -2.32. The fourth-order valence-corrected chi connectivity index (χ4v) is 2.31. The second kappa shape index (κ2) is 5.45. The van der Waals surface area contributed by atoms with Crippen molar-refractivity contribution in [3.05, 3.63) is 18.2 Å². The van der Waals surface area contributed by atoms with Gasteiger partial charge in [-0.15, -0.1) is 0 Å². The Balaban J connectivity index is 1.83. The Morgan fingerprint density at radius 3 is 2.43 bits per heavy atom. The summed E-state index contributed by atoms with van der Waals surface area (Å²) in [5.41, 5.74) is 1.01. The van der Waals surface area contributed by atoms with Gasteiger partial charge in [-0.3, -0.25) is 0 Å². The number of hydrogen-bond donors (Lipinski definition) is 1. The lowest BCUT2D eigenvalue weighted by Crippen LogP contribution is -2.41. The van der Waals surface area contributed by atoms with Crippen LogP contribution in [-0.4, -0.2) is 36.3 Å². The van der Waals surface area contributed by atoms with Crippen LogP contribution in [0.3, 0.4) is 0 Å². The lowest BCUT2D eigenvalue weighted by molar-refractivity contribution is 0.00578. The number of oxazole rings is 1. The van der Waals surface area contributed by atoms with Crippen LogP contribution in [0.25, 0.3) is 11.1 Å². The van der Waals surface area contributed by atoms with Crippen LogP contribution in [0.4, 0.5) is 14.8 Å². The molecule has 1 N–H and O–H groups in total. The standard InChI is InChI=1S/C15H19BF2N2O3/c1-14(2)15(3,4)23-16(22-14)9-5-6-10-11(7-9)21-13(20-10)19-8-12(17)18/h5-7,12H,8H2,1-4H3,(H,19,20). The highest BCUT2D eigenvalue weighted by Crippen LogP contribution is 2.36. The predicted octanol–water partition coefficient (Wildman–Crippen LogP) is 2.80. The maximum Gasteiger partial charge on any atom is 0.494 e. The van der Waals surface area contributed by atoms with E-state index in [9.17, 15) is 8.78 Å². The van der Waals surface area contributed by atoms with E-state index >= 15 is 0 Å². The molecule has 5 nitrogen and oxygen atoms in total. The van der Waals surface area contributed by atoms with Gasteiger partial charge in [0.05, 0.1) is 17.7 Å². The van der Waals surface area contributed by atoms with E-state index in [-0.39, 0.29) is 6.01 Å². The molecule has 0 spiro atoms. The molecule has 3 rings (SSSR count). The Labute approximate surface area is 133 Å². The summed E-state index contributed by atoms with van der Waals surface area (Å²) in [7, 11) is -0.507. The third-order valence-electron chi connectivity index (χ3n) is 4.35. The smallest absolute Gasteiger partial charge is 0.424 e. The van der Waals surface area contributed by atoms with Gasteiger partial charge < -0.3 is 19.0 Å². The highest BCUT2D eigenvalue weighted by atomic mass is 19.3. The summed E-state index contributed by atoms with van der Waals surface area (Å²) < 4.78 is 41.9. The van der Waals surface area contributed by atoms with Crippen LogP contribution in [-0.2, 0) is 9.31 Å². The summed E-state index contributed by atoms with van der Waals surface area (Å²) in [6.45, 7) is 7.41. The van der Waals surface area contributed by atoms with Crippen LogP contribution < -0.4 is 10.8 Å². The maximum absolute atomic E-state index is 12.2. The number of alkyl halides is 2. The molecule has 8 heteroatoms. The number of nitrogens with zero attached hydrogens (tertiary/aromatic N) is 1. The number of nitrogens with one attached hydrogen (secondary N) is 1. The highest BCUT2D eigenvalue weighted by Gasteiger charge is 2.51. The molecule has 1 aromatic carbocycles. The molecule has 0 bridgehead atoms. The molecule has 1 fully saturated rings. The van der Waals surface area contributed by atoms with Gasteiger partial charge in [-0.25, -0.2) is 8.78 Å². The van der Waals surface area contributed by atoms with Gasteiger partial charge in [-0.05, 0) is 45.3 Å². The molecule has 0 atom stereocenters. The number of benzene rings is 1. The largest absolute Gasteiger partial charge is 0.494 e. The van der Waals surface area contributed by atoms with Gasteiger partial charge in [0.1, 0.15) is 5.52 Å². The van der Waals surface area contributed by atoms with Gasteiger partial charge in [0, 0.05) is 0 Å². The summed E-state index contributed by atoms with van der Waals surface area (Å²) in [6, 6.07) is 5.43. The van der Waals surface area contributed by atoms with E-state index in [0.717, 1.165) is 5.46 Å². The molecule has 23 heavy (non-hydrogen) atoms. The number of halogens is 2. The van der Waals surface area contributed by atoms with Crippen LogP contribution >= 0.6 is 0 Å². The van der Waals surface area contributed by atoms with Crippen LogP contribution in [0.2, 0.25) is 0 Å². The molecular weight excluding hydrogens is 305 g/mol. The van der Waals surface area contributed by atoms with E-state index in [2.05, 4.69) is 10.3 Å². The lowest BCUT2D eigenvalue weighted by atomic mass is 9.79. The van der Waals surface area contributed by atoms with E-state index < -0.39 is 31.3 Å². The molecule has 1 saturated heterocycles. The van der Waals surface area contributed by atoms with Crippen molar-refractivity contribution in [1.29, 1.82) is 0 Å². The second-order valence-corrected chi connectivity index (χ2v) is 6.61. The second-order valence-electron chi connectivity index (χ2n) is 6.61. The van der Waals surface area contributed by atoms with Crippen LogP contribution in [0.15, 0.2) is 22.6 Å². The van der Waals surface area contributed by atoms with E-state index in [1.807, 2.05) is 33.8 Å². The van der Waals surface area contributed by atoms with E-state index in [1.54, 1.807) is 12.1 Å². The van der Waals surface area contributed by atoms with Crippen molar-refractivity contribution >= 4 is 29.7 Å². The number of anilines is 1. The summed E-state index contributed by atoms with van der Waals surface area (Å²) >= 11 is 0. The number of hydrogen-bond acceptors (Lipinski definition) is 5. The van der Waals surface area contributed by atoms with Gasteiger partial charge in [0.15, 0.2) is 5.58 Å². The molecule has 1 aliphatic heterocycles. The Hall–Kier alpha value is -1.67. The van der Waals surface area contributed by atoms with Crippen molar-refractivity contribution in [3.8, 4) is 0 Å². The quantitative estimate of drug-likeness (QED) is 0.877. The first-order valence-electron chi connectivity index (χ1n) is 7.46. The van der Waals surface area contributed by atoms with Crippen molar-refractivity contribution in [2.24, 2.45) is 0 Å². The Morgan fingerprint density at radius 1 is 1.17 bits per heavy atom. The minimum absolute atomic E-state index is 0.0753. The van der Waals surface area contributed by atoms with Gasteiger partial charge >= 0.3 is 7.12 Å². The number of rotatable bonds is 4. The first kappa shape index (κ1) is 16.2. The monoisotopic (exact) mass is 324 g/mol. The fraction of sp³-hybridized carbons (Fsp3) is 0.533. The Kier molecular flexibility index (Phi) is 3.84. The molecule has 1 aromatic heterocycles. The SMILES string of the molecule is CC1(C)OB(c2ccc3nc(NCC(F)F)oc3c2)OC1(C)C. The molecule has 2 aromatic rings. The first-order chi connectivity index (χ1) is 10.7. The summed E-state index contributed by atoms with van der Waals surface area (Å²) in [5.74, 6) is 0. The Bertz CT molecular complexity index is 702. The molecule has 0 aliphatic carbocycles. The van der Waals surface area contributed by atoms with E-state index in [1.165, 1.54) is 0 Å². The van der Waals surface area contributed by atoms with Crippen LogP contribution in [0.5, 0.6) is 0 Å². The van der Waals surface area contributed by atoms with E-state index in [4.69, 9.17) is 13.7 Å². The molecule has 0 radical (unpaired) electrons. The van der Waals surface area contributed by atoms with Gasteiger partial charge in [-0.2, -0.15) is 4.98 Å². The minimum Gasteiger partial charge on any atom is -0.424 e. The molecule has 1 aliphatic rings. The van der Waals surface area contributed by atoms with Crippen molar-refractivity contribution < 1.29 is 22.5 Å². The van der Waals surface area contributed by atoms with Gasteiger partial charge in [0.25, 0.3) is 12.4 Å². The Morgan fingerprint density at radius 2 is 1.83 bits per heavy atom. The van der Waals surface area contributed by atoms with Crippen molar-refractivity contribution in [1.82, 2.24) is 4.98 Å². The fourth-order valence-electron chi connectivity index (χ4n) is 2.31. The molecule has 2 heterocycles. The molecular formula is C15H19BF2N2O3. The normalized spacial score (nSPS) is 19.7. The molecule has 0 saturated carbocycles. The van der Waals surface area contributed by atoms with Crippen LogP contribution in [0, 0.1) is 0 Å². The molecule has 124 valence electrons. The zero-order valence-corrected chi connectivity index (χ0v) is 13.5. The summed E-state index contributed by atoms with van der Waals surface area (Å²) in [4.78, 5) is 4.12. The average Bonchev–Trinajstić information content (AvgIpc) is 2.94. The number of fused-ring (bicyclic) bond motifs is 1. The van der Waals surface area contributed by atoms with Gasteiger partial charge in [-0.1, -0.05) is 6.07 Å². The third-order valence-corrected chi connectivity index (χ3v) is 4.35. The zero-order chi connectivity index (χ0) is 16.8. The van der Waals surface area contributed by atoms with Crippen molar-refractivity contribution in [3.63, 3.8) is 0 Å². The van der Waals surface area contributed by atoms with Gasteiger partial charge in [0.2, 0.25) is 0 Å². The van der Waals surface area contributed by atoms with Crippen LogP contribution in [0.1, 0.15) is 27.7 Å². The molecule has 0 amide bonds. The molecule has 0 unspecified atom stereocenters. The highest BCUT2D eigenvalue weighted by molar-refractivity contribution is 6.62. The zero-order valence-electron chi connectivity index (χ0n) is 13.5. The maximum atomic E-state index is 12.2. The topological polar surface area (TPSA) is 56.5 Å².